The monoisotopic (exact) mass is 542 g/mol. The van der Waals surface area contributed by atoms with E-state index in [1.165, 1.54) is 24.1 Å². The predicted octanol–water partition coefficient (Wildman–Crippen LogP) is 3.48. The largest absolute Gasteiger partial charge is 0.508 e. The highest BCUT2D eigenvalue weighted by molar-refractivity contribution is 6.00. The smallest absolute Gasteiger partial charge is 0.408 e. The Morgan fingerprint density at radius 3 is 2.10 bits per heavy atom. The van der Waals surface area contributed by atoms with Gasteiger partial charge in [0.2, 0.25) is 11.8 Å². The van der Waals surface area contributed by atoms with Crippen LogP contribution >= 0.6 is 0 Å². The zero-order chi connectivity index (χ0) is 29.5. The van der Waals surface area contributed by atoms with Crippen LogP contribution < -0.4 is 21.1 Å². The van der Waals surface area contributed by atoms with E-state index >= 15 is 0 Å². The Bertz CT molecular complexity index is 1180. The molecule has 2 aromatic carbocycles. The normalized spacial score (nSPS) is 13.0. The summed E-state index contributed by atoms with van der Waals surface area (Å²) in [4.78, 5) is 53.6. The molecule has 2 atom stereocenters. The first-order valence-electron chi connectivity index (χ1n) is 12.4. The Hall–Kier alpha value is -4.28. The Morgan fingerprint density at radius 2 is 1.62 bits per heavy atom. The van der Waals surface area contributed by atoms with E-state index in [2.05, 4.69) is 10.6 Å². The molecule has 0 fully saturated rings. The van der Waals surface area contributed by atoms with E-state index in [9.17, 15) is 24.3 Å². The topological polar surface area (TPSA) is 160 Å². The molecule has 0 saturated heterocycles. The van der Waals surface area contributed by atoms with Crippen LogP contribution in [0.3, 0.4) is 0 Å². The fourth-order valence-corrected chi connectivity index (χ4v) is 3.86. The summed E-state index contributed by atoms with van der Waals surface area (Å²) in [7, 11) is 1.52. The molecule has 2 aromatic rings. The molecule has 0 heterocycles. The van der Waals surface area contributed by atoms with Crippen LogP contribution in [0.1, 0.15) is 59.6 Å². The van der Waals surface area contributed by atoms with Crippen molar-refractivity contribution in [2.75, 3.05) is 12.4 Å². The van der Waals surface area contributed by atoms with Gasteiger partial charge in [0, 0.05) is 11.2 Å². The lowest BCUT2D eigenvalue weighted by Crippen LogP contribution is -2.58. The van der Waals surface area contributed by atoms with E-state index in [0.717, 1.165) is 0 Å². The molecule has 4 amide bonds. The summed E-state index contributed by atoms with van der Waals surface area (Å²) in [6.07, 6.45) is -1.45. The SMILES string of the molecule is COc1ccc(NC(=O)C(c2cccc(O)c2)N(C(=O)C(CC(N)=O)NC(=O)OC(C)(C)C)C(C)(C)C)cc1. The second-order valence-electron chi connectivity index (χ2n) is 11.0. The maximum atomic E-state index is 14.1. The number of carbonyl (C=O) groups is 4. The van der Waals surface area contributed by atoms with Crippen LogP contribution in [0.5, 0.6) is 11.5 Å². The van der Waals surface area contributed by atoms with E-state index in [1.807, 2.05) is 0 Å². The highest BCUT2D eigenvalue weighted by Gasteiger charge is 2.42. The number of benzene rings is 2. The zero-order valence-corrected chi connectivity index (χ0v) is 23.4. The maximum absolute atomic E-state index is 14.1. The summed E-state index contributed by atoms with van der Waals surface area (Å²) in [5.74, 6) is -1.70. The van der Waals surface area contributed by atoms with Gasteiger partial charge in [-0.3, -0.25) is 14.4 Å². The molecule has 0 aliphatic carbocycles. The number of nitrogens with one attached hydrogen (secondary N) is 2. The van der Waals surface area contributed by atoms with Gasteiger partial charge in [0.05, 0.1) is 13.5 Å². The van der Waals surface area contributed by atoms with Gasteiger partial charge in [-0.1, -0.05) is 12.1 Å². The number of nitrogens with zero attached hydrogens (tertiary/aromatic N) is 1. The standard InChI is InChI=1S/C28H38N4O7/c1-27(2,3)32(25(36)21(16-22(29)34)31-26(37)39-28(4,5)6)23(17-9-8-10-19(33)15-17)24(35)30-18-11-13-20(38-7)14-12-18/h8-15,21,23,33H,16H2,1-7H3,(H2,29,34)(H,30,35)(H,31,37). The Labute approximate surface area is 228 Å². The highest BCUT2D eigenvalue weighted by atomic mass is 16.6. The number of anilines is 1. The van der Waals surface area contributed by atoms with Gasteiger partial charge >= 0.3 is 6.09 Å². The molecule has 5 N–H and O–H groups in total. The quantitative estimate of drug-likeness (QED) is 0.377. The van der Waals surface area contributed by atoms with Crippen molar-refractivity contribution in [1.82, 2.24) is 10.2 Å². The Kier molecular flexibility index (Phi) is 9.92. The summed E-state index contributed by atoms with van der Waals surface area (Å²) in [6.45, 7) is 10.1. The van der Waals surface area contributed by atoms with Crippen LogP contribution in [0.2, 0.25) is 0 Å². The lowest BCUT2D eigenvalue weighted by Gasteiger charge is -2.43. The van der Waals surface area contributed by atoms with E-state index in [1.54, 1.807) is 77.9 Å². The second-order valence-corrected chi connectivity index (χ2v) is 11.0. The lowest BCUT2D eigenvalue weighted by atomic mass is 9.94. The summed E-state index contributed by atoms with van der Waals surface area (Å²) < 4.78 is 10.4. The van der Waals surface area contributed by atoms with Crippen molar-refractivity contribution in [3.63, 3.8) is 0 Å². The fraction of sp³-hybridized carbons (Fsp3) is 0.429. The molecule has 11 nitrogen and oxygen atoms in total. The minimum atomic E-state index is -1.43. The number of rotatable bonds is 9. The number of alkyl carbamates (subject to hydrolysis) is 1. The number of phenolic OH excluding ortho intramolecular Hbond substituents is 1. The number of aromatic hydroxyl groups is 1. The van der Waals surface area contributed by atoms with Gasteiger partial charge in [-0.2, -0.15) is 0 Å². The van der Waals surface area contributed by atoms with Crippen molar-refractivity contribution in [1.29, 1.82) is 0 Å². The molecule has 0 aliphatic rings. The molecule has 2 rings (SSSR count). The van der Waals surface area contributed by atoms with Crippen molar-refractivity contribution < 1.29 is 33.8 Å². The van der Waals surface area contributed by atoms with E-state index < -0.39 is 53.5 Å². The van der Waals surface area contributed by atoms with Gasteiger partial charge in [0.15, 0.2) is 0 Å². The van der Waals surface area contributed by atoms with Crippen LogP contribution in [0.4, 0.5) is 10.5 Å². The van der Waals surface area contributed by atoms with Gasteiger partial charge in [0.1, 0.15) is 29.2 Å². The van der Waals surface area contributed by atoms with E-state index in [-0.39, 0.29) is 5.75 Å². The molecule has 11 heteroatoms. The van der Waals surface area contributed by atoms with Crippen LogP contribution in [-0.2, 0) is 19.1 Å². The zero-order valence-electron chi connectivity index (χ0n) is 23.4. The number of primary amides is 1. The Morgan fingerprint density at radius 1 is 1.00 bits per heavy atom. The molecule has 0 spiro atoms. The number of methoxy groups -OCH3 is 1. The number of phenols is 1. The van der Waals surface area contributed by atoms with Gasteiger partial charge in [-0.25, -0.2) is 4.79 Å². The number of hydrogen-bond acceptors (Lipinski definition) is 7. The minimum Gasteiger partial charge on any atom is -0.508 e. The second kappa shape index (κ2) is 12.5. The van der Waals surface area contributed by atoms with Crippen molar-refractivity contribution >= 4 is 29.5 Å². The molecule has 0 saturated carbocycles. The van der Waals surface area contributed by atoms with Crippen molar-refractivity contribution in [2.45, 2.75) is 71.2 Å². The molecule has 212 valence electrons. The number of carbonyl (C=O) groups excluding carboxylic acids is 4. The van der Waals surface area contributed by atoms with Gasteiger partial charge in [-0.15, -0.1) is 0 Å². The van der Waals surface area contributed by atoms with Crippen LogP contribution in [0, 0.1) is 0 Å². The van der Waals surface area contributed by atoms with Crippen LogP contribution in [-0.4, -0.2) is 58.1 Å². The third kappa shape index (κ3) is 9.20. The Balaban J connectivity index is 2.58. The average molecular weight is 543 g/mol. The van der Waals surface area contributed by atoms with Crippen LogP contribution in [0.15, 0.2) is 48.5 Å². The molecular formula is C28H38N4O7. The lowest BCUT2D eigenvalue weighted by molar-refractivity contribution is -0.147. The molecule has 2 unspecified atom stereocenters. The molecule has 0 bridgehead atoms. The summed E-state index contributed by atoms with van der Waals surface area (Å²) >= 11 is 0. The summed E-state index contributed by atoms with van der Waals surface area (Å²) in [6, 6.07) is 9.85. The molecule has 39 heavy (non-hydrogen) atoms. The summed E-state index contributed by atoms with van der Waals surface area (Å²) in [5.41, 5.74) is 4.29. The minimum absolute atomic E-state index is 0.114. The number of nitrogens with two attached hydrogens (primary N) is 1. The first-order chi connectivity index (χ1) is 18.0. The van der Waals surface area contributed by atoms with E-state index in [4.69, 9.17) is 15.2 Å². The average Bonchev–Trinajstić information content (AvgIpc) is 2.79. The first-order valence-corrected chi connectivity index (χ1v) is 12.4. The predicted molar refractivity (Wildman–Crippen MR) is 146 cm³/mol. The van der Waals surface area contributed by atoms with Crippen LogP contribution in [0.25, 0.3) is 0 Å². The maximum Gasteiger partial charge on any atom is 0.408 e. The van der Waals surface area contributed by atoms with Crippen molar-refractivity contribution in [3.05, 3.63) is 54.1 Å². The third-order valence-electron chi connectivity index (χ3n) is 5.40. The first kappa shape index (κ1) is 30.9. The molecule has 0 aliphatic heterocycles. The summed E-state index contributed by atoms with van der Waals surface area (Å²) in [5, 5.41) is 15.4. The van der Waals surface area contributed by atoms with E-state index in [0.29, 0.717) is 17.0 Å². The fourth-order valence-electron chi connectivity index (χ4n) is 3.86. The van der Waals surface area contributed by atoms with Crippen molar-refractivity contribution in [3.8, 4) is 11.5 Å². The highest BCUT2D eigenvalue weighted by Crippen LogP contribution is 2.33. The molecule has 0 aromatic heterocycles. The van der Waals surface area contributed by atoms with Gasteiger partial charge in [-0.05, 0) is 83.5 Å². The number of amides is 4. The third-order valence-corrected chi connectivity index (χ3v) is 5.40. The van der Waals surface area contributed by atoms with Crippen molar-refractivity contribution in [2.24, 2.45) is 5.73 Å². The van der Waals surface area contributed by atoms with Gasteiger partial charge < -0.3 is 35.8 Å². The van der Waals surface area contributed by atoms with Gasteiger partial charge in [0.25, 0.3) is 5.91 Å². The number of ether oxygens (including phenoxy) is 2. The molecular weight excluding hydrogens is 504 g/mol. The molecule has 0 radical (unpaired) electrons. The number of hydrogen-bond donors (Lipinski definition) is 4.